The summed E-state index contributed by atoms with van der Waals surface area (Å²) >= 11 is 0. The molecule has 2 N–H and O–H groups in total. The number of aliphatic hydroxyl groups is 1. The lowest BCUT2D eigenvalue weighted by Gasteiger charge is -2.43. The van der Waals surface area contributed by atoms with E-state index in [-0.39, 0.29) is 24.1 Å². The zero-order valence-corrected chi connectivity index (χ0v) is 11.5. The van der Waals surface area contributed by atoms with Gasteiger partial charge in [0.1, 0.15) is 0 Å². The highest BCUT2D eigenvalue weighted by Gasteiger charge is 2.37. The molecule has 0 radical (unpaired) electrons. The standard InChI is InChI=1S/C14H21N3O2/c1-14(2)10-17(9-11-3-6-15-7-4-11)13(19)12(16-14)5-8-18/h3-4,6-7,12,16,18H,5,8-10H2,1-2H3. The van der Waals surface area contributed by atoms with Crippen molar-refractivity contribution in [3.8, 4) is 0 Å². The minimum atomic E-state index is -0.296. The Labute approximate surface area is 113 Å². The molecule has 1 aliphatic heterocycles. The Morgan fingerprint density at radius 2 is 2.16 bits per heavy atom. The maximum Gasteiger partial charge on any atom is 0.240 e. The van der Waals surface area contributed by atoms with Gasteiger partial charge >= 0.3 is 0 Å². The van der Waals surface area contributed by atoms with Gasteiger partial charge in [-0.2, -0.15) is 0 Å². The van der Waals surface area contributed by atoms with Gasteiger partial charge in [0.2, 0.25) is 5.91 Å². The molecule has 2 rings (SSSR count). The summed E-state index contributed by atoms with van der Waals surface area (Å²) in [5, 5.41) is 12.4. The van der Waals surface area contributed by atoms with Crippen LogP contribution in [0.4, 0.5) is 0 Å². The van der Waals surface area contributed by atoms with Crippen LogP contribution in [0, 0.1) is 0 Å². The first-order chi connectivity index (χ1) is 9.02. The number of amides is 1. The molecule has 0 bridgehead atoms. The molecule has 1 amide bonds. The number of nitrogens with one attached hydrogen (secondary N) is 1. The monoisotopic (exact) mass is 263 g/mol. The van der Waals surface area contributed by atoms with Gasteiger partial charge in [-0.1, -0.05) is 0 Å². The fourth-order valence-electron chi connectivity index (χ4n) is 2.52. The number of aromatic nitrogens is 1. The topological polar surface area (TPSA) is 65.5 Å². The van der Waals surface area contributed by atoms with E-state index in [1.165, 1.54) is 0 Å². The Morgan fingerprint density at radius 3 is 2.79 bits per heavy atom. The number of aliphatic hydroxyl groups excluding tert-OH is 1. The fourth-order valence-corrected chi connectivity index (χ4v) is 2.52. The highest BCUT2D eigenvalue weighted by molar-refractivity contribution is 5.83. The molecular weight excluding hydrogens is 242 g/mol. The van der Waals surface area contributed by atoms with E-state index >= 15 is 0 Å². The van der Waals surface area contributed by atoms with Crippen LogP contribution in [0.1, 0.15) is 25.8 Å². The smallest absolute Gasteiger partial charge is 0.240 e. The number of rotatable bonds is 4. The Morgan fingerprint density at radius 1 is 1.47 bits per heavy atom. The first-order valence-electron chi connectivity index (χ1n) is 6.58. The zero-order chi connectivity index (χ0) is 13.9. The van der Waals surface area contributed by atoms with Crippen LogP contribution in [-0.2, 0) is 11.3 Å². The van der Waals surface area contributed by atoms with E-state index in [1.807, 2.05) is 17.0 Å². The van der Waals surface area contributed by atoms with Crippen LogP contribution in [0.5, 0.6) is 0 Å². The second-order valence-electron chi connectivity index (χ2n) is 5.64. The third-order valence-corrected chi connectivity index (χ3v) is 3.30. The Balaban J connectivity index is 2.12. The van der Waals surface area contributed by atoms with Gasteiger partial charge in [0.05, 0.1) is 6.04 Å². The van der Waals surface area contributed by atoms with Crippen molar-refractivity contribution in [2.24, 2.45) is 0 Å². The number of pyridine rings is 1. The third kappa shape index (κ3) is 3.52. The summed E-state index contributed by atoms with van der Waals surface area (Å²) in [6, 6.07) is 3.54. The highest BCUT2D eigenvalue weighted by atomic mass is 16.3. The maximum absolute atomic E-state index is 12.3. The van der Waals surface area contributed by atoms with Crippen LogP contribution in [-0.4, -0.2) is 45.6 Å². The molecule has 0 aliphatic carbocycles. The number of piperazine rings is 1. The molecule has 0 spiro atoms. The summed E-state index contributed by atoms with van der Waals surface area (Å²) in [7, 11) is 0. The van der Waals surface area contributed by atoms with E-state index in [2.05, 4.69) is 24.1 Å². The van der Waals surface area contributed by atoms with Crippen LogP contribution in [0.3, 0.4) is 0 Å². The Kier molecular flexibility index (Phi) is 4.17. The van der Waals surface area contributed by atoms with Gasteiger partial charge in [0.25, 0.3) is 0 Å². The van der Waals surface area contributed by atoms with Crippen LogP contribution in [0.2, 0.25) is 0 Å². The summed E-state index contributed by atoms with van der Waals surface area (Å²) in [5.74, 6) is 0.0604. The molecule has 5 nitrogen and oxygen atoms in total. The van der Waals surface area contributed by atoms with Crippen LogP contribution in [0.15, 0.2) is 24.5 Å². The van der Waals surface area contributed by atoms with E-state index in [4.69, 9.17) is 5.11 Å². The summed E-state index contributed by atoms with van der Waals surface area (Å²) < 4.78 is 0. The molecule has 0 saturated carbocycles. The van der Waals surface area contributed by atoms with Crippen molar-refractivity contribution in [1.29, 1.82) is 0 Å². The third-order valence-electron chi connectivity index (χ3n) is 3.30. The molecule has 1 aliphatic rings. The molecule has 1 atom stereocenters. The van der Waals surface area contributed by atoms with Crippen molar-refractivity contribution in [2.75, 3.05) is 13.2 Å². The van der Waals surface area contributed by atoms with Crippen LogP contribution >= 0.6 is 0 Å². The number of carbonyl (C=O) groups is 1. The predicted octanol–water partition coefficient (Wildman–Crippen LogP) is 0.543. The lowest BCUT2D eigenvalue weighted by Crippen LogP contribution is -2.64. The first-order valence-corrected chi connectivity index (χ1v) is 6.58. The van der Waals surface area contributed by atoms with Gasteiger partial charge in [-0.15, -0.1) is 0 Å². The van der Waals surface area contributed by atoms with Crippen molar-refractivity contribution >= 4 is 5.91 Å². The quantitative estimate of drug-likeness (QED) is 0.832. The molecule has 0 aromatic carbocycles. The fraction of sp³-hybridized carbons (Fsp3) is 0.571. The minimum Gasteiger partial charge on any atom is -0.396 e. The normalized spacial score (nSPS) is 22.6. The molecular formula is C14H21N3O2. The number of hydrogen-bond donors (Lipinski definition) is 2. The molecule has 1 unspecified atom stereocenters. The van der Waals surface area contributed by atoms with Crippen molar-refractivity contribution in [2.45, 2.75) is 38.4 Å². The van der Waals surface area contributed by atoms with Gasteiger partial charge in [-0.25, -0.2) is 0 Å². The Bertz CT molecular complexity index is 434. The highest BCUT2D eigenvalue weighted by Crippen LogP contribution is 2.19. The SMILES string of the molecule is CC1(C)CN(Cc2ccncc2)C(=O)C(CCO)N1. The van der Waals surface area contributed by atoms with Crippen molar-refractivity contribution < 1.29 is 9.90 Å². The van der Waals surface area contributed by atoms with E-state index in [1.54, 1.807) is 12.4 Å². The number of nitrogens with zero attached hydrogens (tertiary/aromatic N) is 2. The summed E-state index contributed by atoms with van der Waals surface area (Å²) in [6.07, 6.45) is 3.92. The summed E-state index contributed by atoms with van der Waals surface area (Å²) in [5.41, 5.74) is 0.935. The molecule has 1 aromatic heterocycles. The van der Waals surface area contributed by atoms with Gasteiger partial charge in [-0.05, 0) is 38.0 Å². The molecule has 5 heteroatoms. The Hall–Kier alpha value is -1.46. The zero-order valence-electron chi connectivity index (χ0n) is 11.5. The lowest BCUT2D eigenvalue weighted by atomic mass is 9.96. The van der Waals surface area contributed by atoms with Crippen LogP contribution in [0.25, 0.3) is 0 Å². The summed E-state index contributed by atoms with van der Waals surface area (Å²) in [6.45, 7) is 5.42. The number of hydrogen-bond acceptors (Lipinski definition) is 4. The first kappa shape index (κ1) is 14.0. The van der Waals surface area contributed by atoms with E-state index < -0.39 is 0 Å². The lowest BCUT2D eigenvalue weighted by molar-refractivity contribution is -0.140. The molecule has 1 saturated heterocycles. The molecule has 1 aromatic rings. The molecule has 19 heavy (non-hydrogen) atoms. The predicted molar refractivity (Wildman–Crippen MR) is 72.4 cm³/mol. The van der Waals surface area contributed by atoms with E-state index in [0.29, 0.717) is 19.5 Å². The minimum absolute atomic E-state index is 0.0165. The molecule has 2 heterocycles. The van der Waals surface area contributed by atoms with E-state index in [9.17, 15) is 4.79 Å². The van der Waals surface area contributed by atoms with Crippen molar-refractivity contribution in [1.82, 2.24) is 15.2 Å². The maximum atomic E-state index is 12.3. The number of carbonyl (C=O) groups excluding carboxylic acids is 1. The second-order valence-corrected chi connectivity index (χ2v) is 5.64. The second kappa shape index (κ2) is 5.67. The van der Waals surface area contributed by atoms with Crippen molar-refractivity contribution in [3.05, 3.63) is 30.1 Å². The molecule has 104 valence electrons. The average molecular weight is 263 g/mol. The summed E-state index contributed by atoms with van der Waals surface area (Å²) in [4.78, 5) is 18.2. The van der Waals surface area contributed by atoms with Crippen molar-refractivity contribution in [3.63, 3.8) is 0 Å². The van der Waals surface area contributed by atoms with Gasteiger partial charge in [-0.3, -0.25) is 15.1 Å². The van der Waals surface area contributed by atoms with Gasteiger partial charge in [0, 0.05) is 37.6 Å². The largest absolute Gasteiger partial charge is 0.396 e. The van der Waals surface area contributed by atoms with E-state index in [0.717, 1.165) is 5.56 Å². The van der Waals surface area contributed by atoms with Crippen LogP contribution < -0.4 is 5.32 Å². The van der Waals surface area contributed by atoms with Gasteiger partial charge < -0.3 is 10.0 Å². The average Bonchev–Trinajstić information content (AvgIpc) is 2.36. The molecule has 1 fully saturated rings. The van der Waals surface area contributed by atoms with Gasteiger partial charge in [0.15, 0.2) is 0 Å².